The predicted molar refractivity (Wildman–Crippen MR) is 88.4 cm³/mol. The fourth-order valence-corrected chi connectivity index (χ4v) is 3.49. The average Bonchev–Trinajstić information content (AvgIpc) is 2.75. The summed E-state index contributed by atoms with van der Waals surface area (Å²) in [7, 11) is 3.82. The number of piperidine rings is 1. The molecule has 2 saturated heterocycles. The summed E-state index contributed by atoms with van der Waals surface area (Å²) in [6, 6.07) is 7.70. The molecule has 3 rings (SSSR count). The van der Waals surface area contributed by atoms with Crippen LogP contribution in [0.4, 0.5) is 0 Å². The zero-order chi connectivity index (χ0) is 16.2. The van der Waals surface area contributed by atoms with E-state index in [0.29, 0.717) is 19.1 Å². The predicted octanol–water partition coefficient (Wildman–Crippen LogP) is 1.63. The Hall–Kier alpha value is -1.43. The number of rotatable bonds is 3. The van der Waals surface area contributed by atoms with Crippen LogP contribution < -0.4 is 0 Å². The molecule has 5 heteroatoms. The summed E-state index contributed by atoms with van der Waals surface area (Å²) in [4.78, 5) is 17.0. The summed E-state index contributed by atoms with van der Waals surface area (Å²) in [6.07, 6.45) is 1.19. The minimum atomic E-state index is 0.105. The van der Waals surface area contributed by atoms with Gasteiger partial charge in [-0.3, -0.25) is 4.79 Å². The number of ether oxygens (including phenoxy) is 2. The molecule has 2 aliphatic heterocycles. The number of carbonyl (C=O) groups is 1. The molecule has 2 atom stereocenters. The molecule has 0 spiro atoms. The van der Waals surface area contributed by atoms with Crippen molar-refractivity contribution < 1.29 is 14.3 Å². The molecule has 0 saturated carbocycles. The second-order valence-electron chi connectivity index (χ2n) is 6.60. The van der Waals surface area contributed by atoms with Gasteiger partial charge in [0.1, 0.15) is 0 Å². The Balaban J connectivity index is 1.64. The number of nitrogens with zero attached hydrogens (tertiary/aromatic N) is 2. The monoisotopic (exact) mass is 318 g/mol. The maximum atomic E-state index is 12.7. The lowest BCUT2D eigenvalue weighted by Gasteiger charge is -2.37. The number of amides is 1. The Morgan fingerprint density at radius 2 is 2.04 bits per heavy atom. The highest BCUT2D eigenvalue weighted by Gasteiger charge is 2.34. The lowest BCUT2D eigenvalue weighted by atomic mass is 9.93. The smallest absolute Gasteiger partial charge is 0.253 e. The van der Waals surface area contributed by atoms with E-state index in [1.54, 1.807) is 7.11 Å². The molecular weight excluding hydrogens is 292 g/mol. The van der Waals surface area contributed by atoms with Gasteiger partial charge in [-0.05, 0) is 31.2 Å². The molecule has 1 amide bonds. The van der Waals surface area contributed by atoms with Gasteiger partial charge in [-0.2, -0.15) is 0 Å². The first-order valence-corrected chi connectivity index (χ1v) is 8.34. The Labute approximate surface area is 138 Å². The molecule has 126 valence electrons. The second-order valence-corrected chi connectivity index (χ2v) is 6.60. The third-order valence-corrected chi connectivity index (χ3v) is 4.85. The first kappa shape index (κ1) is 16.4. The molecular formula is C18H26N2O3. The van der Waals surface area contributed by atoms with Crippen molar-refractivity contribution in [1.29, 1.82) is 0 Å². The fourth-order valence-electron chi connectivity index (χ4n) is 3.49. The minimum Gasteiger partial charge on any atom is -0.380 e. The molecule has 2 heterocycles. The SMILES string of the molecule is COCc1ccc(C(=O)N2CCC3CN(C)CCOC3C2)cc1. The van der Waals surface area contributed by atoms with E-state index in [1.165, 1.54) is 0 Å². The second kappa shape index (κ2) is 7.43. The normalized spacial score (nSPS) is 25.7. The van der Waals surface area contributed by atoms with Crippen LogP contribution in [0.25, 0.3) is 0 Å². The fraction of sp³-hybridized carbons (Fsp3) is 0.611. The summed E-state index contributed by atoms with van der Waals surface area (Å²) in [5.41, 5.74) is 1.83. The first-order valence-electron chi connectivity index (χ1n) is 8.34. The van der Waals surface area contributed by atoms with Gasteiger partial charge < -0.3 is 19.3 Å². The minimum absolute atomic E-state index is 0.105. The average molecular weight is 318 g/mol. The van der Waals surface area contributed by atoms with Crippen LogP contribution in [0.3, 0.4) is 0 Å². The Morgan fingerprint density at radius 1 is 1.26 bits per heavy atom. The molecule has 0 N–H and O–H groups in total. The highest BCUT2D eigenvalue weighted by Crippen LogP contribution is 2.24. The van der Waals surface area contributed by atoms with Gasteiger partial charge in [0.25, 0.3) is 5.91 Å². The number of benzene rings is 1. The van der Waals surface area contributed by atoms with E-state index in [2.05, 4.69) is 11.9 Å². The van der Waals surface area contributed by atoms with Crippen LogP contribution in [0.5, 0.6) is 0 Å². The number of likely N-dealkylation sites (N-methyl/N-ethyl adjacent to an activating group) is 1. The first-order chi connectivity index (χ1) is 11.2. The van der Waals surface area contributed by atoms with Crippen molar-refractivity contribution in [3.8, 4) is 0 Å². The third-order valence-electron chi connectivity index (χ3n) is 4.85. The summed E-state index contributed by atoms with van der Waals surface area (Å²) in [5.74, 6) is 0.643. The summed E-state index contributed by atoms with van der Waals surface area (Å²) >= 11 is 0. The molecule has 0 radical (unpaired) electrons. The lowest BCUT2D eigenvalue weighted by molar-refractivity contribution is -0.0170. The van der Waals surface area contributed by atoms with Gasteiger partial charge in [0, 0.05) is 44.8 Å². The zero-order valence-electron chi connectivity index (χ0n) is 14.0. The van der Waals surface area contributed by atoms with Crippen molar-refractivity contribution in [3.63, 3.8) is 0 Å². The van der Waals surface area contributed by atoms with E-state index in [0.717, 1.165) is 43.8 Å². The van der Waals surface area contributed by atoms with Gasteiger partial charge in [-0.15, -0.1) is 0 Å². The molecule has 5 nitrogen and oxygen atoms in total. The van der Waals surface area contributed by atoms with Gasteiger partial charge >= 0.3 is 0 Å². The standard InChI is InChI=1S/C18H26N2O3/c1-19-9-10-23-17-12-20(8-7-16(17)11-19)18(21)15-5-3-14(4-6-15)13-22-2/h3-6,16-17H,7-13H2,1-2H3. The van der Waals surface area contributed by atoms with Gasteiger partial charge in [-0.1, -0.05) is 12.1 Å². The zero-order valence-corrected chi connectivity index (χ0v) is 14.0. The van der Waals surface area contributed by atoms with Crippen molar-refractivity contribution in [3.05, 3.63) is 35.4 Å². The van der Waals surface area contributed by atoms with Gasteiger partial charge in [0.05, 0.1) is 19.3 Å². The molecule has 1 aromatic rings. The van der Waals surface area contributed by atoms with Crippen LogP contribution in [0.1, 0.15) is 22.3 Å². The van der Waals surface area contributed by atoms with E-state index < -0.39 is 0 Å². The van der Waals surface area contributed by atoms with Crippen molar-refractivity contribution in [1.82, 2.24) is 9.80 Å². The number of hydrogen-bond acceptors (Lipinski definition) is 4. The van der Waals surface area contributed by atoms with E-state index in [-0.39, 0.29) is 12.0 Å². The van der Waals surface area contributed by atoms with E-state index in [9.17, 15) is 4.79 Å². The molecule has 0 aromatic heterocycles. The van der Waals surface area contributed by atoms with Crippen LogP contribution in [-0.2, 0) is 16.1 Å². The highest BCUT2D eigenvalue weighted by atomic mass is 16.5. The number of methoxy groups -OCH3 is 1. The Bertz CT molecular complexity index is 532. The van der Waals surface area contributed by atoms with Crippen molar-refractivity contribution in [2.45, 2.75) is 19.1 Å². The van der Waals surface area contributed by atoms with Crippen LogP contribution in [-0.4, -0.2) is 68.8 Å². The van der Waals surface area contributed by atoms with Gasteiger partial charge in [0.15, 0.2) is 0 Å². The number of likely N-dealkylation sites (tertiary alicyclic amines) is 1. The maximum Gasteiger partial charge on any atom is 0.253 e. The highest BCUT2D eigenvalue weighted by molar-refractivity contribution is 5.94. The number of hydrogen-bond donors (Lipinski definition) is 0. The maximum absolute atomic E-state index is 12.7. The Morgan fingerprint density at radius 3 is 2.78 bits per heavy atom. The summed E-state index contributed by atoms with van der Waals surface area (Å²) < 4.78 is 11.1. The molecule has 0 bridgehead atoms. The van der Waals surface area contributed by atoms with E-state index in [1.807, 2.05) is 29.2 Å². The van der Waals surface area contributed by atoms with Gasteiger partial charge in [-0.25, -0.2) is 0 Å². The molecule has 2 fully saturated rings. The van der Waals surface area contributed by atoms with Crippen LogP contribution in [0.2, 0.25) is 0 Å². The summed E-state index contributed by atoms with van der Waals surface area (Å²) in [5, 5.41) is 0. The molecule has 1 aromatic carbocycles. The molecule has 0 aliphatic carbocycles. The van der Waals surface area contributed by atoms with Crippen molar-refractivity contribution >= 4 is 5.91 Å². The van der Waals surface area contributed by atoms with Crippen LogP contribution in [0.15, 0.2) is 24.3 Å². The van der Waals surface area contributed by atoms with Gasteiger partial charge in [0.2, 0.25) is 0 Å². The third kappa shape index (κ3) is 3.91. The van der Waals surface area contributed by atoms with Crippen molar-refractivity contribution in [2.75, 3.05) is 46.9 Å². The number of fused-ring (bicyclic) bond motifs is 1. The van der Waals surface area contributed by atoms with E-state index in [4.69, 9.17) is 9.47 Å². The van der Waals surface area contributed by atoms with Crippen LogP contribution in [0, 0.1) is 5.92 Å². The van der Waals surface area contributed by atoms with Crippen LogP contribution >= 0.6 is 0 Å². The quantitative estimate of drug-likeness (QED) is 0.849. The van der Waals surface area contributed by atoms with Crippen molar-refractivity contribution in [2.24, 2.45) is 5.92 Å². The summed E-state index contributed by atoms with van der Waals surface area (Å²) in [6.45, 7) is 4.89. The largest absolute Gasteiger partial charge is 0.380 e. The van der Waals surface area contributed by atoms with E-state index >= 15 is 0 Å². The number of carbonyl (C=O) groups excluding carboxylic acids is 1. The topological polar surface area (TPSA) is 42.0 Å². The molecule has 23 heavy (non-hydrogen) atoms. The molecule has 2 aliphatic rings. The lowest BCUT2D eigenvalue weighted by Crippen LogP contribution is -2.48. The Kier molecular flexibility index (Phi) is 5.30. The molecule has 2 unspecified atom stereocenters.